The van der Waals surface area contributed by atoms with Crippen molar-refractivity contribution in [2.45, 2.75) is 12.5 Å². The van der Waals surface area contributed by atoms with E-state index in [-0.39, 0.29) is 5.54 Å². The number of nitrogens with one attached hydrogen (secondary N) is 1. The van der Waals surface area contributed by atoms with Gasteiger partial charge in [-0.2, -0.15) is 0 Å². The number of anilines is 1. The van der Waals surface area contributed by atoms with Gasteiger partial charge >= 0.3 is 0 Å². The van der Waals surface area contributed by atoms with E-state index in [1.807, 2.05) is 43.3 Å². The summed E-state index contributed by atoms with van der Waals surface area (Å²) >= 11 is 6.29. The van der Waals surface area contributed by atoms with Crippen LogP contribution in [0.2, 0.25) is 5.02 Å². The second-order valence-electron chi connectivity index (χ2n) is 5.86. The van der Waals surface area contributed by atoms with E-state index in [2.05, 4.69) is 21.4 Å². The van der Waals surface area contributed by atoms with Crippen LogP contribution in [0.25, 0.3) is 11.0 Å². The maximum atomic E-state index is 6.29. The van der Waals surface area contributed by atoms with Crippen LogP contribution in [0.5, 0.6) is 0 Å². The molecule has 1 aliphatic rings. The van der Waals surface area contributed by atoms with Crippen LogP contribution in [0.4, 0.5) is 5.82 Å². The molecule has 2 aromatic heterocycles. The van der Waals surface area contributed by atoms with Gasteiger partial charge in [0.2, 0.25) is 0 Å². The number of pyridine rings is 2. The molecular formula is C18H16ClN3O. The highest BCUT2D eigenvalue weighted by Crippen LogP contribution is 2.37. The fraction of sp³-hybridized carbons (Fsp3) is 0.222. The Bertz CT molecular complexity index is 877. The van der Waals surface area contributed by atoms with E-state index in [0.717, 1.165) is 33.0 Å². The second-order valence-corrected chi connectivity index (χ2v) is 6.27. The van der Waals surface area contributed by atoms with Crippen molar-refractivity contribution in [2.75, 3.05) is 18.5 Å². The largest absolute Gasteiger partial charge is 0.376 e. The monoisotopic (exact) mass is 325 g/mol. The predicted octanol–water partition coefficient (Wildman–Crippen LogP) is 3.93. The van der Waals surface area contributed by atoms with Gasteiger partial charge in [0.15, 0.2) is 5.65 Å². The van der Waals surface area contributed by atoms with Gasteiger partial charge < -0.3 is 10.1 Å². The van der Waals surface area contributed by atoms with Gasteiger partial charge in [-0.05, 0) is 48.4 Å². The van der Waals surface area contributed by atoms with Crippen molar-refractivity contribution in [3.05, 3.63) is 64.8 Å². The summed E-state index contributed by atoms with van der Waals surface area (Å²) in [5, 5.41) is 5.32. The fourth-order valence-corrected chi connectivity index (χ4v) is 3.17. The Hall–Kier alpha value is -2.17. The first-order valence-corrected chi connectivity index (χ1v) is 7.89. The molecule has 0 aliphatic carbocycles. The Morgan fingerprint density at radius 3 is 2.78 bits per heavy atom. The van der Waals surface area contributed by atoms with Gasteiger partial charge in [-0.15, -0.1) is 0 Å². The normalized spacial score (nSPS) is 16.1. The number of nitrogens with zero attached hydrogens (tertiary/aromatic N) is 2. The number of ether oxygens (including phenoxy) is 1. The summed E-state index contributed by atoms with van der Waals surface area (Å²) in [6.45, 7) is 3.22. The van der Waals surface area contributed by atoms with Gasteiger partial charge in [0.1, 0.15) is 11.4 Å². The minimum absolute atomic E-state index is 0.287. The Morgan fingerprint density at radius 2 is 2.00 bits per heavy atom. The van der Waals surface area contributed by atoms with Crippen molar-refractivity contribution in [1.29, 1.82) is 0 Å². The number of fused-ring (bicyclic) bond motifs is 1. The Balaban J connectivity index is 1.73. The van der Waals surface area contributed by atoms with E-state index in [1.165, 1.54) is 0 Å². The highest BCUT2D eigenvalue weighted by atomic mass is 35.5. The van der Waals surface area contributed by atoms with Crippen molar-refractivity contribution >= 4 is 28.5 Å². The zero-order valence-corrected chi connectivity index (χ0v) is 13.5. The lowest BCUT2D eigenvalue weighted by Crippen LogP contribution is -2.53. The summed E-state index contributed by atoms with van der Waals surface area (Å²) in [5.74, 6) is 0.791. The molecule has 0 bridgehead atoms. The number of hydrogen-bond acceptors (Lipinski definition) is 4. The molecule has 0 atom stereocenters. The molecule has 0 saturated carbocycles. The van der Waals surface area contributed by atoms with Crippen molar-refractivity contribution in [1.82, 2.24) is 9.97 Å². The minimum atomic E-state index is -0.287. The van der Waals surface area contributed by atoms with Gasteiger partial charge in [-0.1, -0.05) is 23.7 Å². The smallest absolute Gasteiger partial charge is 0.161 e. The molecule has 116 valence electrons. The lowest BCUT2D eigenvalue weighted by molar-refractivity contribution is -0.0451. The van der Waals surface area contributed by atoms with Crippen LogP contribution in [0.1, 0.15) is 11.1 Å². The first-order valence-electron chi connectivity index (χ1n) is 7.51. The Morgan fingerprint density at radius 1 is 1.13 bits per heavy atom. The molecule has 4 nitrogen and oxygen atoms in total. The summed E-state index contributed by atoms with van der Waals surface area (Å²) in [7, 11) is 0. The standard InChI is InChI=1S/C18H16ClN3O/c1-12-14(5-2-6-15(12)19)18(10-23-11-18)22-16-8-7-13-4-3-9-20-17(13)21-16/h2-9H,10-11H2,1H3,(H,20,21,22). The third-order valence-corrected chi connectivity index (χ3v) is 4.72. The van der Waals surface area contributed by atoms with E-state index in [1.54, 1.807) is 6.20 Å². The van der Waals surface area contributed by atoms with Gasteiger partial charge in [0.25, 0.3) is 0 Å². The minimum Gasteiger partial charge on any atom is -0.376 e. The lowest BCUT2D eigenvalue weighted by atomic mass is 9.85. The van der Waals surface area contributed by atoms with Crippen LogP contribution in [0, 0.1) is 6.92 Å². The average molecular weight is 326 g/mol. The van der Waals surface area contributed by atoms with Crippen LogP contribution in [0.3, 0.4) is 0 Å². The van der Waals surface area contributed by atoms with Crippen molar-refractivity contribution < 1.29 is 4.74 Å². The van der Waals surface area contributed by atoms with Gasteiger partial charge in [0.05, 0.1) is 13.2 Å². The molecule has 0 amide bonds. The molecule has 0 radical (unpaired) electrons. The number of rotatable bonds is 3. The van der Waals surface area contributed by atoms with Crippen molar-refractivity contribution in [2.24, 2.45) is 0 Å². The Kier molecular flexibility index (Phi) is 3.43. The molecule has 5 heteroatoms. The number of hydrogen-bond donors (Lipinski definition) is 1. The van der Waals surface area contributed by atoms with Crippen LogP contribution < -0.4 is 5.32 Å². The van der Waals surface area contributed by atoms with Crippen LogP contribution in [-0.2, 0) is 10.3 Å². The summed E-state index contributed by atoms with van der Waals surface area (Å²) < 4.78 is 5.50. The van der Waals surface area contributed by atoms with Crippen LogP contribution in [0.15, 0.2) is 48.7 Å². The van der Waals surface area contributed by atoms with Crippen molar-refractivity contribution in [3.8, 4) is 0 Å². The summed E-state index contributed by atoms with van der Waals surface area (Å²) in [6.07, 6.45) is 1.75. The number of benzene rings is 1. The summed E-state index contributed by atoms with van der Waals surface area (Å²) in [4.78, 5) is 8.93. The molecule has 3 heterocycles. The van der Waals surface area contributed by atoms with E-state index in [4.69, 9.17) is 16.3 Å². The zero-order chi connectivity index (χ0) is 15.9. The molecule has 4 rings (SSSR count). The first kappa shape index (κ1) is 14.4. The highest BCUT2D eigenvalue weighted by molar-refractivity contribution is 6.31. The lowest BCUT2D eigenvalue weighted by Gasteiger charge is -2.43. The third kappa shape index (κ3) is 2.44. The molecule has 23 heavy (non-hydrogen) atoms. The van der Waals surface area contributed by atoms with E-state index in [0.29, 0.717) is 13.2 Å². The first-order chi connectivity index (χ1) is 11.2. The molecule has 0 spiro atoms. The molecule has 0 unspecified atom stereocenters. The number of aromatic nitrogens is 2. The molecule has 1 aliphatic heterocycles. The molecular weight excluding hydrogens is 310 g/mol. The third-order valence-electron chi connectivity index (χ3n) is 4.31. The molecule has 1 N–H and O–H groups in total. The highest BCUT2D eigenvalue weighted by Gasteiger charge is 2.42. The fourth-order valence-electron chi connectivity index (χ4n) is 2.99. The molecule has 3 aromatic rings. The van der Waals surface area contributed by atoms with Crippen LogP contribution >= 0.6 is 11.6 Å². The zero-order valence-electron chi connectivity index (χ0n) is 12.7. The quantitative estimate of drug-likeness (QED) is 0.792. The SMILES string of the molecule is Cc1c(Cl)cccc1C1(Nc2ccc3cccnc3n2)COC1. The van der Waals surface area contributed by atoms with Gasteiger partial charge in [-0.25, -0.2) is 9.97 Å². The summed E-state index contributed by atoms with van der Waals surface area (Å²) in [6, 6.07) is 13.9. The molecule has 1 aromatic carbocycles. The van der Waals surface area contributed by atoms with Crippen LogP contribution in [-0.4, -0.2) is 23.2 Å². The maximum Gasteiger partial charge on any atom is 0.161 e. The Labute approximate surface area is 139 Å². The molecule has 1 saturated heterocycles. The van der Waals surface area contributed by atoms with Gasteiger partial charge in [-0.3, -0.25) is 0 Å². The maximum absolute atomic E-state index is 6.29. The average Bonchev–Trinajstić information content (AvgIpc) is 2.54. The predicted molar refractivity (Wildman–Crippen MR) is 91.8 cm³/mol. The van der Waals surface area contributed by atoms with E-state index in [9.17, 15) is 0 Å². The van der Waals surface area contributed by atoms with E-state index < -0.39 is 0 Å². The van der Waals surface area contributed by atoms with Gasteiger partial charge in [0, 0.05) is 16.6 Å². The summed E-state index contributed by atoms with van der Waals surface area (Å²) in [5.41, 5.74) is 2.67. The molecule has 1 fully saturated rings. The van der Waals surface area contributed by atoms with E-state index >= 15 is 0 Å². The van der Waals surface area contributed by atoms with Crippen molar-refractivity contribution in [3.63, 3.8) is 0 Å². The number of halogens is 1. The second kappa shape index (κ2) is 5.48. The topological polar surface area (TPSA) is 47.0 Å².